The van der Waals surface area contributed by atoms with Gasteiger partial charge in [0.1, 0.15) is 5.82 Å². The zero-order chi connectivity index (χ0) is 13.4. The minimum absolute atomic E-state index is 0.294. The first-order valence-electron chi connectivity index (χ1n) is 5.78. The molecule has 0 aliphatic carbocycles. The van der Waals surface area contributed by atoms with Gasteiger partial charge in [-0.25, -0.2) is 4.39 Å². The van der Waals surface area contributed by atoms with Crippen molar-refractivity contribution in [2.45, 2.75) is 6.54 Å². The third-order valence-electron chi connectivity index (χ3n) is 3.00. The summed E-state index contributed by atoms with van der Waals surface area (Å²) in [7, 11) is 0. The maximum atomic E-state index is 13.7. The molecule has 3 nitrogen and oxygen atoms in total. The van der Waals surface area contributed by atoms with Gasteiger partial charge in [0, 0.05) is 21.7 Å². The van der Waals surface area contributed by atoms with Crippen LogP contribution in [0.4, 0.5) is 10.1 Å². The Kier molecular flexibility index (Phi) is 2.87. The molecule has 0 atom stereocenters. The van der Waals surface area contributed by atoms with E-state index in [-0.39, 0.29) is 5.82 Å². The maximum Gasteiger partial charge on any atom is 0.128 e. The second kappa shape index (κ2) is 4.55. The van der Waals surface area contributed by atoms with E-state index in [4.69, 9.17) is 17.3 Å². The number of fused-ring (bicyclic) bond motifs is 1. The van der Waals surface area contributed by atoms with Crippen LogP contribution in [-0.2, 0) is 6.54 Å². The molecular weight excluding hydrogens is 265 g/mol. The van der Waals surface area contributed by atoms with Gasteiger partial charge in [0.05, 0.1) is 18.3 Å². The van der Waals surface area contributed by atoms with Crippen LogP contribution in [0.1, 0.15) is 5.56 Å². The van der Waals surface area contributed by atoms with Gasteiger partial charge in [-0.05, 0) is 36.4 Å². The van der Waals surface area contributed by atoms with Crippen LogP contribution >= 0.6 is 11.6 Å². The molecule has 3 rings (SSSR count). The highest BCUT2D eigenvalue weighted by molar-refractivity contribution is 6.30. The summed E-state index contributed by atoms with van der Waals surface area (Å²) in [5, 5.41) is 5.73. The lowest BCUT2D eigenvalue weighted by atomic mass is 10.2. The topological polar surface area (TPSA) is 43.8 Å². The monoisotopic (exact) mass is 275 g/mol. The number of hydrogen-bond acceptors (Lipinski definition) is 2. The van der Waals surface area contributed by atoms with Crippen molar-refractivity contribution in [3.05, 3.63) is 59.0 Å². The highest BCUT2D eigenvalue weighted by Gasteiger charge is 2.08. The van der Waals surface area contributed by atoms with Crippen LogP contribution < -0.4 is 5.73 Å². The van der Waals surface area contributed by atoms with Gasteiger partial charge in [0.2, 0.25) is 0 Å². The van der Waals surface area contributed by atoms with Crippen molar-refractivity contribution in [2.24, 2.45) is 0 Å². The van der Waals surface area contributed by atoms with E-state index in [1.807, 2.05) is 18.2 Å². The number of halogens is 2. The summed E-state index contributed by atoms with van der Waals surface area (Å²) < 4.78 is 15.4. The third-order valence-corrected chi connectivity index (χ3v) is 3.23. The predicted octanol–water partition coefficient (Wildman–Crippen LogP) is 3.46. The molecule has 5 heteroatoms. The predicted molar refractivity (Wildman–Crippen MR) is 74.7 cm³/mol. The number of benzene rings is 2. The van der Waals surface area contributed by atoms with Crippen molar-refractivity contribution in [1.29, 1.82) is 0 Å². The van der Waals surface area contributed by atoms with Gasteiger partial charge < -0.3 is 5.73 Å². The zero-order valence-electron chi connectivity index (χ0n) is 9.98. The van der Waals surface area contributed by atoms with Crippen LogP contribution in [0.25, 0.3) is 10.9 Å². The highest BCUT2D eigenvalue weighted by atomic mass is 35.5. The lowest BCUT2D eigenvalue weighted by Crippen LogP contribution is -2.03. The van der Waals surface area contributed by atoms with Crippen molar-refractivity contribution in [1.82, 2.24) is 9.78 Å². The largest absolute Gasteiger partial charge is 0.399 e. The fourth-order valence-corrected chi connectivity index (χ4v) is 2.23. The number of nitrogen functional groups attached to an aromatic ring is 1. The van der Waals surface area contributed by atoms with Crippen LogP contribution in [0.3, 0.4) is 0 Å². The van der Waals surface area contributed by atoms with Crippen LogP contribution in [0.15, 0.2) is 42.6 Å². The fraction of sp³-hybridized carbons (Fsp3) is 0.0714. The summed E-state index contributed by atoms with van der Waals surface area (Å²) in [5.41, 5.74) is 7.79. The van der Waals surface area contributed by atoms with E-state index in [1.165, 1.54) is 12.1 Å². The Labute approximate surface area is 114 Å². The highest BCUT2D eigenvalue weighted by Crippen LogP contribution is 2.20. The molecule has 2 aromatic carbocycles. The SMILES string of the molecule is Nc1ccc2cnn(Cc3cc(Cl)ccc3F)c2c1. The summed E-state index contributed by atoms with van der Waals surface area (Å²) in [6.07, 6.45) is 1.73. The standard InChI is InChI=1S/C14H11ClFN3/c15-11-2-4-13(16)10(5-11)8-19-14-6-12(17)3-1-9(14)7-18-19/h1-7H,8,17H2. The van der Waals surface area contributed by atoms with Crippen molar-refractivity contribution in [3.63, 3.8) is 0 Å². The van der Waals surface area contributed by atoms with E-state index in [1.54, 1.807) is 16.9 Å². The molecule has 1 aromatic heterocycles. The second-order valence-corrected chi connectivity index (χ2v) is 4.79. The lowest BCUT2D eigenvalue weighted by Gasteiger charge is -2.06. The Morgan fingerprint density at radius 1 is 1.21 bits per heavy atom. The van der Waals surface area contributed by atoms with Crippen molar-refractivity contribution < 1.29 is 4.39 Å². The van der Waals surface area contributed by atoms with Gasteiger partial charge in [-0.3, -0.25) is 4.68 Å². The maximum absolute atomic E-state index is 13.7. The minimum atomic E-state index is -0.294. The van der Waals surface area contributed by atoms with Crippen LogP contribution in [0.5, 0.6) is 0 Å². The van der Waals surface area contributed by atoms with Gasteiger partial charge in [0.15, 0.2) is 0 Å². The number of rotatable bonds is 2. The number of hydrogen-bond donors (Lipinski definition) is 1. The molecule has 2 N–H and O–H groups in total. The van der Waals surface area contributed by atoms with Gasteiger partial charge in [-0.15, -0.1) is 0 Å². The first-order chi connectivity index (χ1) is 9.13. The van der Waals surface area contributed by atoms with Gasteiger partial charge in [0.25, 0.3) is 0 Å². The van der Waals surface area contributed by atoms with Crippen LogP contribution in [0, 0.1) is 5.82 Å². The van der Waals surface area contributed by atoms with E-state index in [2.05, 4.69) is 5.10 Å². The Bertz CT molecular complexity index is 752. The van der Waals surface area contributed by atoms with Gasteiger partial charge in [-0.1, -0.05) is 11.6 Å². The first-order valence-corrected chi connectivity index (χ1v) is 6.16. The smallest absolute Gasteiger partial charge is 0.128 e. The molecule has 0 unspecified atom stereocenters. The molecule has 0 radical (unpaired) electrons. The average molecular weight is 276 g/mol. The molecule has 96 valence electrons. The summed E-state index contributed by atoms with van der Waals surface area (Å²) >= 11 is 5.88. The number of anilines is 1. The molecule has 0 aliphatic rings. The Balaban J connectivity index is 2.05. The normalized spacial score (nSPS) is 11.1. The molecule has 0 saturated carbocycles. The van der Waals surface area contributed by atoms with Crippen molar-refractivity contribution in [3.8, 4) is 0 Å². The first kappa shape index (κ1) is 12.0. The Morgan fingerprint density at radius 3 is 2.89 bits per heavy atom. The summed E-state index contributed by atoms with van der Waals surface area (Å²) in [6, 6.07) is 10.0. The number of aromatic nitrogens is 2. The third kappa shape index (κ3) is 2.27. The van der Waals surface area contributed by atoms with Crippen molar-refractivity contribution in [2.75, 3.05) is 5.73 Å². The molecule has 3 aromatic rings. The summed E-state index contributed by atoms with van der Waals surface area (Å²) in [4.78, 5) is 0. The number of nitrogens with zero attached hydrogens (tertiary/aromatic N) is 2. The molecule has 0 spiro atoms. The molecule has 0 aliphatic heterocycles. The fourth-order valence-electron chi connectivity index (χ4n) is 2.04. The Morgan fingerprint density at radius 2 is 2.05 bits per heavy atom. The molecule has 0 amide bonds. The second-order valence-electron chi connectivity index (χ2n) is 4.36. The van der Waals surface area contributed by atoms with E-state index in [0.29, 0.717) is 22.8 Å². The summed E-state index contributed by atoms with van der Waals surface area (Å²) in [5.74, 6) is -0.294. The van der Waals surface area contributed by atoms with E-state index >= 15 is 0 Å². The zero-order valence-corrected chi connectivity index (χ0v) is 10.7. The molecule has 0 bridgehead atoms. The number of nitrogens with two attached hydrogens (primary N) is 1. The van der Waals surface area contributed by atoms with E-state index in [0.717, 1.165) is 10.9 Å². The molecular formula is C14H11ClFN3. The van der Waals surface area contributed by atoms with Crippen LogP contribution in [0.2, 0.25) is 5.02 Å². The van der Waals surface area contributed by atoms with Crippen molar-refractivity contribution >= 4 is 28.2 Å². The quantitative estimate of drug-likeness (QED) is 0.728. The molecule has 1 heterocycles. The molecule has 19 heavy (non-hydrogen) atoms. The lowest BCUT2D eigenvalue weighted by molar-refractivity contribution is 0.590. The average Bonchev–Trinajstić information content (AvgIpc) is 2.77. The summed E-state index contributed by atoms with van der Waals surface area (Å²) in [6.45, 7) is 0.319. The minimum Gasteiger partial charge on any atom is -0.399 e. The molecule has 0 saturated heterocycles. The Hall–Kier alpha value is -2.07. The van der Waals surface area contributed by atoms with E-state index < -0.39 is 0 Å². The van der Waals surface area contributed by atoms with Gasteiger partial charge in [-0.2, -0.15) is 5.10 Å². The molecule has 0 fully saturated rings. The van der Waals surface area contributed by atoms with Crippen LogP contribution in [-0.4, -0.2) is 9.78 Å². The van der Waals surface area contributed by atoms with Gasteiger partial charge >= 0.3 is 0 Å². The van der Waals surface area contributed by atoms with E-state index in [9.17, 15) is 4.39 Å².